The topological polar surface area (TPSA) is 270 Å². The van der Waals surface area contributed by atoms with Gasteiger partial charge >= 0.3 is 19.2 Å². The van der Waals surface area contributed by atoms with Crippen molar-refractivity contribution in [1.29, 1.82) is 0 Å². The third-order valence-electron chi connectivity index (χ3n) is 6.89. The van der Waals surface area contributed by atoms with Gasteiger partial charge in [0, 0.05) is 47.2 Å². The van der Waals surface area contributed by atoms with Gasteiger partial charge in [-0.2, -0.15) is 0 Å². The van der Waals surface area contributed by atoms with Crippen molar-refractivity contribution in [3.63, 3.8) is 0 Å². The number of benzene rings is 1. The molecule has 0 aliphatic carbocycles. The van der Waals surface area contributed by atoms with E-state index in [1.54, 1.807) is 18.2 Å². The molecule has 0 saturated carbocycles. The lowest BCUT2D eigenvalue weighted by Gasteiger charge is -2.23. The van der Waals surface area contributed by atoms with E-state index in [0.717, 1.165) is 21.3 Å². The molecule has 0 bridgehead atoms. The fourth-order valence-corrected chi connectivity index (χ4v) is 6.00. The number of phosphoric acid groups is 1. The van der Waals surface area contributed by atoms with Gasteiger partial charge in [0.1, 0.15) is 18.2 Å². The zero-order valence-electron chi connectivity index (χ0n) is 23.1. The number of hydrogen-bond donors (Lipinski definition) is 2. The maximum absolute atomic E-state index is 13.9. The lowest BCUT2D eigenvalue weighted by Crippen LogP contribution is -2.32. The maximum Gasteiger partial charge on any atom is 0.530 e. The van der Waals surface area contributed by atoms with Gasteiger partial charge < -0.3 is 14.0 Å². The van der Waals surface area contributed by atoms with Gasteiger partial charge in [0.05, 0.1) is 37.5 Å². The Bertz CT molecular complexity index is 1780. The summed E-state index contributed by atoms with van der Waals surface area (Å²) in [5, 5.41) is 7.40. The summed E-state index contributed by atoms with van der Waals surface area (Å²) in [5.74, 6) is 0.119. The Morgan fingerprint density at radius 1 is 0.800 bits per heavy atom. The Kier molecular flexibility index (Phi) is 9.65. The molecule has 2 fully saturated rings. The lowest BCUT2D eigenvalue weighted by atomic mass is 10.1. The fourth-order valence-electron chi connectivity index (χ4n) is 4.79. The van der Waals surface area contributed by atoms with Gasteiger partial charge in [0.25, 0.3) is 11.1 Å². The first-order valence-corrected chi connectivity index (χ1v) is 14.8. The SMILES string of the molecule is [N-]=[N+]=NC1C[C@H](n2ccc(=O)[nH]c2=O)O[C@@H]1COP(=O)(OC[C@H]1O[C@@H](n2ccc(=O)[nH]c2=O)C[C@@H]1N=[N+]=[N-])Oc1ccccc1. The van der Waals surface area contributed by atoms with Gasteiger partial charge in [-0.3, -0.25) is 37.7 Å². The Morgan fingerprint density at radius 3 is 1.69 bits per heavy atom. The predicted octanol–water partition coefficient (Wildman–Crippen LogP) is 2.24. The highest BCUT2D eigenvalue weighted by Gasteiger charge is 2.42. The van der Waals surface area contributed by atoms with Crippen molar-refractivity contribution in [2.75, 3.05) is 13.2 Å². The largest absolute Gasteiger partial charge is 0.530 e. The number of aromatic amines is 2. The highest BCUT2D eigenvalue weighted by atomic mass is 31.2. The quantitative estimate of drug-likeness (QED) is 0.126. The molecule has 0 amide bonds. The predicted molar refractivity (Wildman–Crippen MR) is 152 cm³/mol. The molecule has 5 rings (SSSR count). The van der Waals surface area contributed by atoms with Crippen LogP contribution in [0.15, 0.2) is 84.3 Å². The van der Waals surface area contributed by atoms with Crippen LogP contribution in [0.1, 0.15) is 25.3 Å². The number of nitrogens with one attached hydrogen (secondary N) is 2. The van der Waals surface area contributed by atoms with Crippen LogP contribution in [0.4, 0.5) is 0 Å². The zero-order chi connectivity index (χ0) is 32.0. The van der Waals surface area contributed by atoms with Crippen LogP contribution in [-0.4, -0.2) is 56.6 Å². The number of nitrogens with zero attached hydrogens (tertiary/aromatic N) is 8. The Hall–Kier alpha value is -4.93. The molecule has 2 unspecified atom stereocenters. The molecule has 2 N–H and O–H groups in total. The van der Waals surface area contributed by atoms with Crippen LogP contribution in [0.3, 0.4) is 0 Å². The van der Waals surface area contributed by atoms with Gasteiger partial charge in [-0.1, -0.05) is 28.4 Å². The van der Waals surface area contributed by atoms with Crippen LogP contribution in [0.2, 0.25) is 0 Å². The van der Waals surface area contributed by atoms with Crippen molar-refractivity contribution < 1.29 is 27.6 Å². The van der Waals surface area contributed by atoms with E-state index in [0.29, 0.717) is 0 Å². The van der Waals surface area contributed by atoms with E-state index in [9.17, 15) is 23.7 Å². The van der Waals surface area contributed by atoms with Crippen molar-refractivity contribution in [3.05, 3.63) is 117 Å². The number of para-hydroxylation sites is 1. The fraction of sp³-hybridized carbons (Fsp3) is 0.417. The first kappa shape index (κ1) is 31.5. The van der Waals surface area contributed by atoms with Gasteiger partial charge in [-0.15, -0.1) is 0 Å². The van der Waals surface area contributed by atoms with Gasteiger partial charge in [-0.05, 0) is 23.2 Å². The molecule has 236 valence electrons. The van der Waals surface area contributed by atoms with E-state index >= 15 is 0 Å². The van der Waals surface area contributed by atoms with Crippen molar-refractivity contribution in [2.24, 2.45) is 10.2 Å². The van der Waals surface area contributed by atoms with Crippen molar-refractivity contribution >= 4 is 7.82 Å². The Balaban J connectivity index is 1.33. The minimum absolute atomic E-state index is 0.0318. The summed E-state index contributed by atoms with van der Waals surface area (Å²) in [7, 11) is -4.51. The third kappa shape index (κ3) is 7.60. The summed E-state index contributed by atoms with van der Waals surface area (Å²) >= 11 is 0. The summed E-state index contributed by atoms with van der Waals surface area (Å²) in [6, 6.07) is 8.45. The molecule has 7 atom stereocenters. The standard InChI is InChI=1S/C24H25N10O10P/c25-31-29-15-10-21(33-8-6-19(35)27-23(33)37)42-17(15)12-40-45(39,44-14-4-2-1-3-5-14)41-13-18-16(30-32-26)11-22(43-18)34-9-7-20(36)28-24(34)38/h1-9,15-18,21-22H,10-13H2,(H,27,35,37)(H,28,36,38)/t15-,16?,17+,18+,21+,22+,45?/m0/s1. The van der Waals surface area contributed by atoms with E-state index in [2.05, 4.69) is 30.0 Å². The second-order valence-corrected chi connectivity index (χ2v) is 11.3. The molecule has 1 aromatic carbocycles. The number of rotatable bonds is 12. The highest BCUT2D eigenvalue weighted by Crippen LogP contribution is 2.51. The van der Waals surface area contributed by atoms with Crippen molar-refractivity contribution in [1.82, 2.24) is 19.1 Å². The minimum Gasteiger partial charge on any atom is -0.404 e. The maximum atomic E-state index is 13.9. The highest BCUT2D eigenvalue weighted by molar-refractivity contribution is 7.48. The molecule has 2 saturated heterocycles. The first-order valence-electron chi connectivity index (χ1n) is 13.3. The monoisotopic (exact) mass is 644 g/mol. The average molecular weight is 644 g/mol. The molecule has 20 nitrogen and oxygen atoms in total. The molecular formula is C24H25N10O10P. The number of azide groups is 2. The molecule has 0 radical (unpaired) electrons. The average Bonchev–Trinajstić information content (AvgIpc) is 3.60. The molecule has 2 aliphatic rings. The molecule has 2 aliphatic heterocycles. The summed E-state index contributed by atoms with van der Waals surface area (Å²) in [5.41, 5.74) is 15.4. The van der Waals surface area contributed by atoms with E-state index in [1.165, 1.54) is 24.5 Å². The van der Waals surface area contributed by atoms with E-state index in [-0.39, 0.29) is 18.6 Å². The second-order valence-electron chi connectivity index (χ2n) is 9.75. The minimum atomic E-state index is -4.51. The van der Waals surface area contributed by atoms with Crippen LogP contribution in [-0.2, 0) is 23.1 Å². The first-order chi connectivity index (χ1) is 21.7. The number of H-pyrrole nitrogens is 2. The molecular weight excluding hydrogens is 619 g/mol. The number of ether oxygens (including phenoxy) is 2. The van der Waals surface area contributed by atoms with Crippen LogP contribution in [0, 0.1) is 0 Å². The molecule has 3 aromatic rings. The van der Waals surface area contributed by atoms with E-state index in [4.69, 9.17) is 34.1 Å². The molecule has 45 heavy (non-hydrogen) atoms. The van der Waals surface area contributed by atoms with E-state index < -0.39 is 80.3 Å². The van der Waals surface area contributed by atoms with Gasteiger partial charge in [0.15, 0.2) is 0 Å². The zero-order valence-corrected chi connectivity index (χ0v) is 24.0. The Labute approximate surface area is 251 Å². The number of aromatic nitrogens is 4. The number of phosphoric ester groups is 1. The van der Waals surface area contributed by atoms with Crippen molar-refractivity contribution in [3.8, 4) is 5.75 Å². The second kappa shape index (κ2) is 13.8. The smallest absolute Gasteiger partial charge is 0.404 e. The summed E-state index contributed by atoms with van der Waals surface area (Å²) in [4.78, 5) is 57.4. The van der Waals surface area contributed by atoms with E-state index in [1.807, 2.05) is 0 Å². The Morgan fingerprint density at radius 2 is 1.27 bits per heavy atom. The lowest BCUT2D eigenvalue weighted by molar-refractivity contribution is -0.0392. The van der Waals surface area contributed by atoms with Crippen LogP contribution >= 0.6 is 7.82 Å². The normalized spacial score (nSPS) is 25.5. The molecule has 21 heteroatoms. The van der Waals surface area contributed by atoms with Crippen LogP contribution in [0.5, 0.6) is 5.75 Å². The van der Waals surface area contributed by atoms with Gasteiger partial charge in [0.2, 0.25) is 0 Å². The van der Waals surface area contributed by atoms with Crippen molar-refractivity contribution in [2.45, 2.75) is 49.6 Å². The molecule has 2 aromatic heterocycles. The number of hydrogen-bond acceptors (Lipinski definition) is 12. The summed E-state index contributed by atoms with van der Waals surface area (Å²) in [6.45, 7) is -0.966. The molecule has 0 spiro atoms. The molecule has 4 heterocycles. The van der Waals surface area contributed by atoms with Crippen LogP contribution < -0.4 is 27.0 Å². The summed E-state index contributed by atoms with van der Waals surface area (Å²) < 4.78 is 44.8. The third-order valence-corrected chi connectivity index (χ3v) is 8.25. The van der Waals surface area contributed by atoms with Crippen LogP contribution in [0.25, 0.3) is 20.9 Å². The summed E-state index contributed by atoms with van der Waals surface area (Å²) in [6.07, 6.45) is -1.41. The van der Waals surface area contributed by atoms with Gasteiger partial charge in [-0.25, -0.2) is 14.2 Å².